The molecule has 0 saturated carbocycles. The minimum atomic E-state index is 0.0694. The Hall–Kier alpha value is -2.29. The van der Waals surface area contributed by atoms with Gasteiger partial charge in [-0.1, -0.05) is 42.5 Å². The molecule has 1 heterocycles. The van der Waals surface area contributed by atoms with E-state index in [2.05, 4.69) is 24.3 Å². The fraction of sp³-hybridized carbons (Fsp3) is 0.316. The third-order valence-electron chi connectivity index (χ3n) is 4.16. The molecule has 0 spiro atoms. The van der Waals surface area contributed by atoms with Crippen LogP contribution in [0.25, 0.3) is 0 Å². The second kappa shape index (κ2) is 6.65. The fourth-order valence-electron chi connectivity index (χ4n) is 2.93. The number of ether oxygens (including phenoxy) is 1. The van der Waals surface area contributed by atoms with Gasteiger partial charge in [0.2, 0.25) is 0 Å². The summed E-state index contributed by atoms with van der Waals surface area (Å²) < 4.78 is 5.61. The first-order chi connectivity index (χ1) is 10.7. The molecule has 1 aliphatic heterocycles. The summed E-state index contributed by atoms with van der Waals surface area (Å²) in [5.74, 6) is 1.27. The molecule has 3 rings (SSSR count). The maximum atomic E-state index is 12.3. The summed E-state index contributed by atoms with van der Waals surface area (Å²) in [6, 6.07) is 18.2. The normalized spacial score (nSPS) is 17.5. The highest BCUT2D eigenvalue weighted by Gasteiger charge is 2.27. The van der Waals surface area contributed by atoms with Crippen molar-refractivity contribution in [3.63, 3.8) is 0 Å². The number of benzene rings is 2. The van der Waals surface area contributed by atoms with Gasteiger partial charge in [0.05, 0.1) is 0 Å². The van der Waals surface area contributed by atoms with E-state index in [1.165, 1.54) is 5.56 Å². The molecule has 1 saturated heterocycles. The van der Waals surface area contributed by atoms with E-state index in [9.17, 15) is 4.79 Å². The lowest BCUT2D eigenvalue weighted by molar-refractivity contribution is -0.132. The van der Waals surface area contributed by atoms with Gasteiger partial charge in [-0.25, -0.2) is 0 Å². The Labute approximate surface area is 131 Å². The molecule has 1 amide bonds. The smallest absolute Gasteiger partial charge is 0.260 e. The van der Waals surface area contributed by atoms with Crippen molar-refractivity contribution in [1.29, 1.82) is 0 Å². The van der Waals surface area contributed by atoms with Crippen molar-refractivity contribution in [3.05, 3.63) is 65.7 Å². The Morgan fingerprint density at radius 3 is 2.77 bits per heavy atom. The highest BCUT2D eigenvalue weighted by molar-refractivity contribution is 5.78. The van der Waals surface area contributed by atoms with E-state index in [0.29, 0.717) is 5.92 Å². The van der Waals surface area contributed by atoms with E-state index < -0.39 is 0 Å². The summed E-state index contributed by atoms with van der Waals surface area (Å²) >= 11 is 0. The number of amides is 1. The number of carbonyl (C=O) groups excluding carboxylic acids is 1. The van der Waals surface area contributed by atoms with Crippen molar-refractivity contribution >= 4 is 5.91 Å². The molecule has 0 bridgehead atoms. The molecule has 0 aliphatic carbocycles. The lowest BCUT2D eigenvalue weighted by atomic mass is 9.99. The van der Waals surface area contributed by atoms with Crippen molar-refractivity contribution in [2.75, 3.05) is 19.7 Å². The molecule has 1 atom stereocenters. The number of aryl methyl sites for hydroxylation is 1. The van der Waals surface area contributed by atoms with E-state index in [0.717, 1.165) is 30.8 Å². The first kappa shape index (κ1) is 14.6. The Morgan fingerprint density at radius 2 is 2.00 bits per heavy atom. The summed E-state index contributed by atoms with van der Waals surface area (Å²) in [6.07, 6.45) is 1.03. The minimum absolute atomic E-state index is 0.0694. The Morgan fingerprint density at radius 1 is 1.18 bits per heavy atom. The van der Waals surface area contributed by atoms with Crippen molar-refractivity contribution in [2.45, 2.75) is 19.3 Å². The van der Waals surface area contributed by atoms with Gasteiger partial charge in [-0.3, -0.25) is 4.79 Å². The van der Waals surface area contributed by atoms with E-state index >= 15 is 0 Å². The molecular formula is C19H21NO2. The third kappa shape index (κ3) is 3.48. The van der Waals surface area contributed by atoms with E-state index in [4.69, 9.17) is 4.74 Å². The molecule has 3 heteroatoms. The van der Waals surface area contributed by atoms with Crippen LogP contribution in [-0.2, 0) is 4.79 Å². The minimum Gasteiger partial charge on any atom is -0.484 e. The quantitative estimate of drug-likeness (QED) is 0.865. The lowest BCUT2D eigenvalue weighted by Crippen LogP contribution is -2.32. The van der Waals surface area contributed by atoms with E-state index in [1.54, 1.807) is 0 Å². The van der Waals surface area contributed by atoms with Crippen molar-refractivity contribution < 1.29 is 9.53 Å². The van der Waals surface area contributed by atoms with Crippen molar-refractivity contribution in [1.82, 2.24) is 4.90 Å². The van der Waals surface area contributed by atoms with Crippen LogP contribution in [0.4, 0.5) is 0 Å². The highest BCUT2D eigenvalue weighted by atomic mass is 16.5. The topological polar surface area (TPSA) is 29.5 Å². The standard InChI is InChI=1S/C19H21NO2/c1-15-6-5-9-18(12-15)22-14-19(21)20-11-10-17(13-20)16-7-3-2-4-8-16/h2-9,12,17H,10-11,13-14H2,1H3/t17-/m0/s1. The van der Waals surface area contributed by atoms with Gasteiger partial charge >= 0.3 is 0 Å². The predicted octanol–water partition coefficient (Wildman–Crippen LogP) is 3.39. The Kier molecular flexibility index (Phi) is 4.42. The maximum Gasteiger partial charge on any atom is 0.260 e. The van der Waals surface area contributed by atoms with E-state index in [-0.39, 0.29) is 12.5 Å². The number of carbonyl (C=O) groups is 1. The monoisotopic (exact) mass is 295 g/mol. The van der Waals surface area contributed by atoms with Crippen LogP contribution >= 0.6 is 0 Å². The molecular weight excluding hydrogens is 274 g/mol. The molecule has 22 heavy (non-hydrogen) atoms. The van der Waals surface area contributed by atoms with Crippen molar-refractivity contribution in [2.24, 2.45) is 0 Å². The number of likely N-dealkylation sites (tertiary alicyclic amines) is 1. The zero-order valence-corrected chi connectivity index (χ0v) is 12.9. The van der Waals surface area contributed by atoms with Crippen LogP contribution in [0.2, 0.25) is 0 Å². The SMILES string of the molecule is Cc1cccc(OCC(=O)N2CC[C@H](c3ccccc3)C2)c1. The van der Waals surface area contributed by atoms with Crippen LogP contribution in [0, 0.1) is 6.92 Å². The van der Waals surface area contributed by atoms with Gasteiger partial charge in [-0.2, -0.15) is 0 Å². The van der Waals surface area contributed by atoms with E-state index in [1.807, 2.05) is 42.2 Å². The van der Waals surface area contributed by atoms with Crippen LogP contribution < -0.4 is 4.74 Å². The van der Waals surface area contributed by atoms with Gasteiger partial charge in [-0.15, -0.1) is 0 Å². The molecule has 3 nitrogen and oxygen atoms in total. The fourth-order valence-corrected chi connectivity index (χ4v) is 2.93. The van der Waals surface area contributed by atoms with Gasteiger partial charge < -0.3 is 9.64 Å². The highest BCUT2D eigenvalue weighted by Crippen LogP contribution is 2.27. The maximum absolute atomic E-state index is 12.3. The zero-order chi connectivity index (χ0) is 15.4. The number of hydrogen-bond acceptors (Lipinski definition) is 2. The summed E-state index contributed by atoms with van der Waals surface area (Å²) in [7, 11) is 0. The average molecular weight is 295 g/mol. The van der Waals surface area contributed by atoms with Crippen LogP contribution in [0.5, 0.6) is 5.75 Å². The number of rotatable bonds is 4. The molecule has 0 N–H and O–H groups in total. The number of hydrogen-bond donors (Lipinski definition) is 0. The molecule has 0 radical (unpaired) electrons. The zero-order valence-electron chi connectivity index (χ0n) is 12.9. The van der Waals surface area contributed by atoms with Gasteiger partial charge in [0.1, 0.15) is 5.75 Å². The summed E-state index contributed by atoms with van der Waals surface area (Å²) in [6.45, 7) is 3.74. The van der Waals surface area contributed by atoms with Gasteiger partial charge in [0.25, 0.3) is 5.91 Å². The first-order valence-corrected chi connectivity index (χ1v) is 7.74. The first-order valence-electron chi connectivity index (χ1n) is 7.74. The van der Waals surface area contributed by atoms with Crippen LogP contribution in [0.3, 0.4) is 0 Å². The van der Waals surface area contributed by atoms with Crippen LogP contribution in [0.15, 0.2) is 54.6 Å². The second-order valence-electron chi connectivity index (χ2n) is 5.84. The number of nitrogens with zero attached hydrogens (tertiary/aromatic N) is 1. The molecule has 0 aromatic heterocycles. The van der Waals surface area contributed by atoms with Crippen LogP contribution in [-0.4, -0.2) is 30.5 Å². The summed E-state index contributed by atoms with van der Waals surface area (Å²) in [5.41, 5.74) is 2.45. The summed E-state index contributed by atoms with van der Waals surface area (Å²) in [4.78, 5) is 14.2. The molecule has 114 valence electrons. The van der Waals surface area contributed by atoms with Gasteiger partial charge in [0.15, 0.2) is 6.61 Å². The molecule has 1 aliphatic rings. The third-order valence-corrected chi connectivity index (χ3v) is 4.16. The Bertz CT molecular complexity index is 639. The predicted molar refractivity (Wildman–Crippen MR) is 87.1 cm³/mol. The summed E-state index contributed by atoms with van der Waals surface area (Å²) in [5, 5.41) is 0. The average Bonchev–Trinajstić information content (AvgIpc) is 3.04. The van der Waals surface area contributed by atoms with Gasteiger partial charge in [0, 0.05) is 19.0 Å². The van der Waals surface area contributed by atoms with Crippen molar-refractivity contribution in [3.8, 4) is 5.75 Å². The molecule has 1 fully saturated rings. The Balaban J connectivity index is 1.53. The lowest BCUT2D eigenvalue weighted by Gasteiger charge is -2.17. The second-order valence-corrected chi connectivity index (χ2v) is 5.84. The largest absolute Gasteiger partial charge is 0.484 e. The molecule has 2 aromatic rings. The van der Waals surface area contributed by atoms with Crippen LogP contribution in [0.1, 0.15) is 23.5 Å². The van der Waals surface area contributed by atoms with Gasteiger partial charge in [-0.05, 0) is 36.6 Å². The molecule has 0 unspecified atom stereocenters. The molecule has 2 aromatic carbocycles.